The number of nitrogens with zero attached hydrogens (tertiary/aromatic N) is 4. The van der Waals surface area contributed by atoms with Crippen molar-refractivity contribution in [2.24, 2.45) is 0 Å². The third kappa shape index (κ3) is 2.64. The number of carbonyl (C=O) groups excluding carboxylic acids is 1. The van der Waals surface area contributed by atoms with E-state index in [0.717, 1.165) is 42.2 Å². The van der Waals surface area contributed by atoms with E-state index in [1.54, 1.807) is 11.1 Å². The van der Waals surface area contributed by atoms with Gasteiger partial charge in [0.25, 0.3) is 0 Å². The minimum atomic E-state index is -0.138. The summed E-state index contributed by atoms with van der Waals surface area (Å²) in [6, 6.07) is 1.73. The molecule has 0 saturated carbocycles. The highest BCUT2D eigenvalue weighted by Gasteiger charge is 2.30. The summed E-state index contributed by atoms with van der Waals surface area (Å²) in [5, 5.41) is 11.2. The average molecular weight is 293 g/mol. The first-order valence-electron chi connectivity index (χ1n) is 6.52. The van der Waals surface area contributed by atoms with Crippen LogP contribution in [-0.4, -0.2) is 32.2 Å². The molecule has 1 aliphatic rings. The maximum absolute atomic E-state index is 12.4. The minimum absolute atomic E-state index is 0.0259. The zero-order chi connectivity index (χ0) is 13.9. The van der Waals surface area contributed by atoms with Crippen LogP contribution in [0.2, 0.25) is 0 Å². The Balaban J connectivity index is 1.76. The van der Waals surface area contributed by atoms with Crippen molar-refractivity contribution in [2.75, 3.05) is 11.9 Å². The molecule has 20 heavy (non-hydrogen) atoms. The number of carbonyl (C=O) groups is 1. The Morgan fingerprint density at radius 3 is 3.15 bits per heavy atom. The number of amides is 2. The van der Waals surface area contributed by atoms with E-state index in [1.165, 1.54) is 0 Å². The first-order valence-corrected chi connectivity index (χ1v) is 7.29. The summed E-state index contributed by atoms with van der Waals surface area (Å²) in [5.41, 5.74) is 0.819. The van der Waals surface area contributed by atoms with Crippen molar-refractivity contribution in [3.8, 4) is 0 Å². The topological polar surface area (TPSA) is 84.2 Å². The number of aromatic nitrogens is 3. The zero-order valence-electron chi connectivity index (χ0n) is 11.1. The third-order valence-corrected chi connectivity index (χ3v) is 3.92. The molecule has 1 N–H and O–H groups in total. The van der Waals surface area contributed by atoms with Gasteiger partial charge in [-0.25, -0.2) is 4.79 Å². The minimum Gasteiger partial charge on any atom is -0.361 e. The third-order valence-electron chi connectivity index (χ3n) is 3.34. The highest BCUT2D eigenvalue weighted by atomic mass is 32.1. The highest BCUT2D eigenvalue weighted by Crippen LogP contribution is 2.31. The normalized spacial score (nSPS) is 19.1. The summed E-state index contributed by atoms with van der Waals surface area (Å²) in [6.07, 6.45) is 4.53. The van der Waals surface area contributed by atoms with Gasteiger partial charge in [0.05, 0.1) is 12.2 Å². The summed E-state index contributed by atoms with van der Waals surface area (Å²) < 4.78 is 8.86. The van der Waals surface area contributed by atoms with E-state index in [2.05, 4.69) is 20.1 Å². The van der Waals surface area contributed by atoms with E-state index in [9.17, 15) is 4.79 Å². The van der Waals surface area contributed by atoms with Gasteiger partial charge in [-0.3, -0.25) is 5.32 Å². The van der Waals surface area contributed by atoms with Gasteiger partial charge in [-0.1, -0.05) is 9.64 Å². The smallest absolute Gasteiger partial charge is 0.323 e. The van der Waals surface area contributed by atoms with Gasteiger partial charge in [0.2, 0.25) is 0 Å². The Bertz CT molecular complexity index is 582. The van der Waals surface area contributed by atoms with Crippen LogP contribution < -0.4 is 5.32 Å². The quantitative estimate of drug-likeness (QED) is 0.920. The second kappa shape index (κ2) is 5.58. The molecule has 0 spiro atoms. The Labute approximate surface area is 120 Å². The van der Waals surface area contributed by atoms with E-state index in [4.69, 9.17) is 4.52 Å². The Morgan fingerprint density at radius 2 is 2.45 bits per heavy atom. The molecule has 3 heterocycles. The Hall–Kier alpha value is -1.96. The van der Waals surface area contributed by atoms with E-state index in [0.29, 0.717) is 11.5 Å². The second-order valence-corrected chi connectivity index (χ2v) is 5.57. The Morgan fingerprint density at radius 1 is 1.55 bits per heavy atom. The van der Waals surface area contributed by atoms with Gasteiger partial charge in [-0.15, -0.1) is 5.10 Å². The number of nitrogens with one attached hydrogen (secondary N) is 1. The van der Waals surface area contributed by atoms with Gasteiger partial charge in [0.15, 0.2) is 0 Å². The number of aryl methyl sites for hydroxylation is 1. The molecule has 0 radical (unpaired) electrons. The summed E-state index contributed by atoms with van der Waals surface area (Å²) in [5.74, 6) is 0.762. The summed E-state index contributed by atoms with van der Waals surface area (Å²) in [7, 11) is 0. The van der Waals surface area contributed by atoms with Crippen LogP contribution in [0.3, 0.4) is 0 Å². The van der Waals surface area contributed by atoms with E-state index in [-0.39, 0.29) is 12.1 Å². The van der Waals surface area contributed by atoms with Crippen molar-refractivity contribution in [2.45, 2.75) is 32.2 Å². The lowest BCUT2D eigenvalue weighted by atomic mass is 9.99. The van der Waals surface area contributed by atoms with Crippen LogP contribution >= 0.6 is 11.5 Å². The maximum atomic E-state index is 12.4. The van der Waals surface area contributed by atoms with Gasteiger partial charge >= 0.3 is 6.03 Å². The molecule has 2 aromatic rings. The molecule has 0 unspecified atom stereocenters. The van der Waals surface area contributed by atoms with Crippen molar-refractivity contribution < 1.29 is 9.32 Å². The van der Waals surface area contributed by atoms with Crippen molar-refractivity contribution in [1.29, 1.82) is 0 Å². The Kier molecular flexibility index (Phi) is 3.64. The van der Waals surface area contributed by atoms with E-state index >= 15 is 0 Å². The van der Waals surface area contributed by atoms with Crippen LogP contribution in [0.15, 0.2) is 16.8 Å². The second-order valence-electron chi connectivity index (χ2n) is 4.78. The molecule has 7 nitrogen and oxygen atoms in total. The largest absolute Gasteiger partial charge is 0.361 e. The number of rotatable bonds is 2. The molecule has 0 aromatic carbocycles. The molecular weight excluding hydrogens is 278 g/mol. The molecular formula is C12H15N5O2S. The molecule has 2 amide bonds. The lowest BCUT2D eigenvalue weighted by Crippen LogP contribution is -2.41. The lowest BCUT2D eigenvalue weighted by Gasteiger charge is -2.34. The van der Waals surface area contributed by atoms with Crippen LogP contribution in [-0.2, 0) is 0 Å². The molecule has 8 heteroatoms. The molecule has 106 valence electrons. The molecule has 0 bridgehead atoms. The fraction of sp³-hybridized carbons (Fsp3) is 0.500. The van der Waals surface area contributed by atoms with Crippen LogP contribution in [0, 0.1) is 6.92 Å². The molecule has 1 atom stereocenters. The average Bonchev–Trinajstić information content (AvgIpc) is 3.10. The van der Waals surface area contributed by atoms with Gasteiger partial charge in [0.1, 0.15) is 16.5 Å². The van der Waals surface area contributed by atoms with Crippen LogP contribution in [0.25, 0.3) is 0 Å². The molecule has 2 aromatic heterocycles. The van der Waals surface area contributed by atoms with Crippen molar-refractivity contribution in [3.63, 3.8) is 0 Å². The van der Waals surface area contributed by atoms with Crippen LogP contribution in [0.1, 0.15) is 36.8 Å². The predicted octanol–water partition coefficient (Wildman–Crippen LogP) is 2.59. The number of hydrogen-bond donors (Lipinski definition) is 1. The van der Waals surface area contributed by atoms with Gasteiger partial charge in [0, 0.05) is 24.1 Å². The van der Waals surface area contributed by atoms with Crippen molar-refractivity contribution >= 4 is 22.6 Å². The predicted molar refractivity (Wildman–Crippen MR) is 73.5 cm³/mol. The number of urea groups is 1. The monoisotopic (exact) mass is 293 g/mol. The van der Waals surface area contributed by atoms with Crippen molar-refractivity contribution in [1.82, 2.24) is 19.6 Å². The maximum Gasteiger partial charge on any atom is 0.323 e. The number of likely N-dealkylation sites (tertiary alicyclic amines) is 1. The molecule has 1 aliphatic heterocycles. The zero-order valence-corrected chi connectivity index (χ0v) is 11.9. The standard InChI is InChI=1S/C12H15N5O2S/c1-8-6-9(15-19-8)10-4-2-3-5-17(10)12(18)14-11-7-13-16-20-11/h6-7,10H,2-5H2,1H3,(H,14,18)/t10-/m1/s1. The van der Waals surface area contributed by atoms with E-state index < -0.39 is 0 Å². The van der Waals surface area contributed by atoms with Crippen LogP contribution in [0.5, 0.6) is 0 Å². The number of anilines is 1. The molecule has 3 rings (SSSR count). The van der Waals surface area contributed by atoms with Crippen LogP contribution in [0.4, 0.5) is 9.80 Å². The summed E-state index contributed by atoms with van der Waals surface area (Å²) >= 11 is 1.16. The van der Waals surface area contributed by atoms with Gasteiger partial charge in [-0.05, 0) is 26.2 Å². The lowest BCUT2D eigenvalue weighted by molar-refractivity contribution is 0.159. The number of piperidine rings is 1. The molecule has 1 fully saturated rings. The molecule has 1 saturated heterocycles. The molecule has 0 aliphatic carbocycles. The number of hydrogen-bond acceptors (Lipinski definition) is 6. The summed E-state index contributed by atoms with van der Waals surface area (Å²) in [4.78, 5) is 14.2. The van der Waals surface area contributed by atoms with E-state index in [1.807, 2.05) is 13.0 Å². The fourth-order valence-corrected chi connectivity index (χ4v) is 2.83. The van der Waals surface area contributed by atoms with Gasteiger partial charge in [-0.2, -0.15) is 0 Å². The first kappa shape index (κ1) is 13.0. The summed E-state index contributed by atoms with van der Waals surface area (Å²) in [6.45, 7) is 2.57. The fourth-order valence-electron chi connectivity index (χ4n) is 2.42. The van der Waals surface area contributed by atoms with Crippen molar-refractivity contribution in [3.05, 3.63) is 23.7 Å². The highest BCUT2D eigenvalue weighted by molar-refractivity contribution is 7.10. The van der Waals surface area contributed by atoms with Gasteiger partial charge < -0.3 is 9.42 Å². The SMILES string of the molecule is Cc1cc([C@H]2CCCCN2C(=O)Nc2cnns2)no1. The first-order chi connectivity index (χ1) is 9.74.